The summed E-state index contributed by atoms with van der Waals surface area (Å²) in [4.78, 5) is 75.6. The van der Waals surface area contributed by atoms with Crippen LogP contribution >= 0.6 is 0 Å². The largest absolute Gasteiger partial charge is 0.457 e. The Kier molecular flexibility index (Phi) is 10.4. The Balaban J connectivity index is 1.15. The van der Waals surface area contributed by atoms with Gasteiger partial charge in [0.25, 0.3) is 5.56 Å². The van der Waals surface area contributed by atoms with Gasteiger partial charge in [-0.15, -0.1) is 0 Å². The number of aromatic nitrogens is 2. The maximum Gasteiger partial charge on any atom is 0.415 e. The molecule has 3 aromatic rings. The Morgan fingerprint density at radius 1 is 0.981 bits per heavy atom. The third-order valence-electron chi connectivity index (χ3n) is 11.5. The number of pyridine rings is 2. The van der Waals surface area contributed by atoms with Crippen molar-refractivity contribution in [3.05, 3.63) is 56.9 Å². The summed E-state index contributed by atoms with van der Waals surface area (Å²) in [5.41, 5.74) is 2.07. The number of carbonyl (C=O) groups is 4. The lowest BCUT2D eigenvalue weighted by atomic mass is 9.85. The Bertz CT molecular complexity index is 2010. The number of piperidine rings is 2. The van der Waals surface area contributed by atoms with E-state index in [0.29, 0.717) is 60.2 Å². The van der Waals surface area contributed by atoms with Gasteiger partial charge in [-0.3, -0.25) is 14.4 Å². The molecule has 12 heteroatoms. The number of amides is 1. The van der Waals surface area contributed by atoms with Crippen molar-refractivity contribution in [2.24, 2.45) is 5.92 Å². The van der Waals surface area contributed by atoms with Crippen LogP contribution in [0, 0.1) is 5.92 Å². The Labute approximate surface area is 309 Å². The Hall–Kier alpha value is -4.58. The van der Waals surface area contributed by atoms with E-state index >= 15 is 0 Å². The highest BCUT2D eigenvalue weighted by atomic mass is 16.6. The van der Waals surface area contributed by atoms with Gasteiger partial charge in [0.05, 0.1) is 35.4 Å². The number of fused-ring (bicyclic) bond motifs is 5. The summed E-state index contributed by atoms with van der Waals surface area (Å²) in [7, 11) is 0. The summed E-state index contributed by atoms with van der Waals surface area (Å²) >= 11 is 0. The molecule has 282 valence electrons. The number of hydrogen-bond acceptors (Lipinski definition) is 10. The van der Waals surface area contributed by atoms with Gasteiger partial charge in [0.15, 0.2) is 0 Å². The lowest BCUT2D eigenvalue weighted by molar-refractivity contribution is -0.189. The smallest absolute Gasteiger partial charge is 0.415 e. The molecule has 6 heterocycles. The van der Waals surface area contributed by atoms with Gasteiger partial charge in [0.1, 0.15) is 18.1 Å². The maximum absolute atomic E-state index is 14.1. The number of ether oxygens (including phenoxy) is 3. The number of carbonyl (C=O) groups excluding carboxylic acids is 4. The summed E-state index contributed by atoms with van der Waals surface area (Å²) in [6.45, 7) is 11.3. The van der Waals surface area contributed by atoms with Crippen molar-refractivity contribution in [2.75, 3.05) is 26.2 Å². The first-order valence-corrected chi connectivity index (χ1v) is 19.4. The van der Waals surface area contributed by atoms with Crippen molar-refractivity contribution in [1.29, 1.82) is 0 Å². The molecule has 7 rings (SSSR count). The summed E-state index contributed by atoms with van der Waals surface area (Å²) in [5, 5.41) is 0.841. The number of aryl methyl sites for hydroxylation is 1. The van der Waals surface area contributed by atoms with Crippen molar-refractivity contribution >= 4 is 34.7 Å². The van der Waals surface area contributed by atoms with Crippen LogP contribution in [0.15, 0.2) is 29.1 Å². The fourth-order valence-electron chi connectivity index (χ4n) is 8.67. The second-order valence-corrected chi connectivity index (χ2v) is 15.3. The maximum atomic E-state index is 14.1. The summed E-state index contributed by atoms with van der Waals surface area (Å²) in [6.07, 6.45) is 6.23. The SMILES string of the molecule is CCc1c2c(nc3ccc(OC(=O)N4CCC(N5CCCCC5)CC4)cc13)-c1cc3c(c(=O)n1C2)COC(=O)[C@@]3(CC)OC(=O)CCC(=O)CC(C)C. The molecule has 2 aromatic heterocycles. The second kappa shape index (κ2) is 15.0. The first-order valence-electron chi connectivity index (χ1n) is 19.4. The van der Waals surface area contributed by atoms with E-state index in [0.717, 1.165) is 42.4 Å². The molecule has 4 aliphatic rings. The molecule has 0 radical (unpaired) electrons. The third kappa shape index (κ3) is 6.98. The number of Topliss-reactive ketones (excluding diaryl/α,β-unsaturated/α-hetero) is 1. The highest BCUT2D eigenvalue weighted by molar-refractivity contribution is 5.91. The first-order chi connectivity index (χ1) is 25.5. The minimum atomic E-state index is -1.82. The predicted octanol–water partition coefficient (Wildman–Crippen LogP) is 6.04. The van der Waals surface area contributed by atoms with E-state index in [2.05, 4.69) is 4.90 Å². The quantitative estimate of drug-likeness (QED) is 0.178. The second-order valence-electron chi connectivity index (χ2n) is 15.3. The van der Waals surface area contributed by atoms with Crippen LogP contribution in [0.1, 0.15) is 108 Å². The molecular weight excluding hydrogens is 676 g/mol. The number of nitrogens with zero attached hydrogens (tertiary/aromatic N) is 4. The highest BCUT2D eigenvalue weighted by Crippen LogP contribution is 2.42. The first kappa shape index (κ1) is 36.8. The monoisotopic (exact) mass is 726 g/mol. The highest BCUT2D eigenvalue weighted by Gasteiger charge is 2.50. The fraction of sp³-hybridized carbons (Fsp3) is 0.561. The number of ketones is 1. The zero-order valence-electron chi connectivity index (χ0n) is 31.3. The van der Waals surface area contributed by atoms with Gasteiger partial charge in [0.2, 0.25) is 5.60 Å². The molecule has 4 aliphatic heterocycles. The van der Waals surface area contributed by atoms with E-state index < -0.39 is 17.5 Å². The Morgan fingerprint density at radius 2 is 1.74 bits per heavy atom. The zero-order valence-corrected chi connectivity index (χ0v) is 31.3. The lowest BCUT2D eigenvalue weighted by Gasteiger charge is -2.39. The molecule has 0 spiro atoms. The van der Waals surface area contributed by atoms with Crippen LogP contribution < -0.4 is 10.3 Å². The number of cyclic esters (lactones) is 1. The molecule has 0 N–H and O–H groups in total. The van der Waals surface area contributed by atoms with Crippen molar-refractivity contribution in [2.45, 2.75) is 117 Å². The van der Waals surface area contributed by atoms with Crippen LogP contribution in [-0.4, -0.2) is 75.4 Å². The molecule has 12 nitrogen and oxygen atoms in total. The number of hydrogen-bond donors (Lipinski definition) is 0. The number of benzene rings is 1. The predicted molar refractivity (Wildman–Crippen MR) is 198 cm³/mol. The number of esters is 2. The van der Waals surface area contributed by atoms with Gasteiger partial charge in [-0.2, -0.15) is 0 Å². The van der Waals surface area contributed by atoms with Crippen LogP contribution in [-0.2, 0) is 49.0 Å². The average molecular weight is 727 g/mol. The van der Waals surface area contributed by atoms with Gasteiger partial charge in [-0.05, 0) is 87.4 Å². The van der Waals surface area contributed by atoms with Crippen LogP contribution in [0.3, 0.4) is 0 Å². The molecule has 1 amide bonds. The van der Waals surface area contributed by atoms with E-state index in [4.69, 9.17) is 19.2 Å². The van der Waals surface area contributed by atoms with E-state index in [1.807, 2.05) is 32.9 Å². The van der Waals surface area contributed by atoms with Gasteiger partial charge >= 0.3 is 18.0 Å². The van der Waals surface area contributed by atoms with Crippen molar-refractivity contribution in [1.82, 2.24) is 19.4 Å². The standard InChI is InChI=1S/C41H50N4O8/c1-5-29-30-21-28(52-40(50)44-18-14-26(15-19-44)43-16-8-7-9-17-43)11-12-34(30)42-37-31(29)23-45-35(37)22-33-32(38(45)48)24-51-39(49)41(33,6-2)53-36(47)13-10-27(46)20-25(3)4/h11-12,21-22,25-26H,5-10,13-20,23-24H2,1-4H3/t41-/m0/s1. The summed E-state index contributed by atoms with van der Waals surface area (Å²) in [5.74, 6) is -0.896. The fourth-order valence-corrected chi connectivity index (χ4v) is 8.67. The van der Waals surface area contributed by atoms with E-state index in [1.54, 1.807) is 28.5 Å². The number of rotatable bonds is 10. The minimum absolute atomic E-state index is 0.00810. The van der Waals surface area contributed by atoms with Crippen LogP contribution in [0.25, 0.3) is 22.3 Å². The molecule has 1 atom stereocenters. The van der Waals surface area contributed by atoms with Crippen molar-refractivity contribution in [3.63, 3.8) is 0 Å². The third-order valence-corrected chi connectivity index (χ3v) is 11.5. The average Bonchev–Trinajstić information content (AvgIpc) is 3.52. The van der Waals surface area contributed by atoms with Crippen molar-refractivity contribution < 1.29 is 33.4 Å². The minimum Gasteiger partial charge on any atom is -0.457 e. The number of likely N-dealkylation sites (tertiary alicyclic amines) is 2. The molecular formula is C41H50N4O8. The van der Waals surface area contributed by atoms with Crippen LogP contribution in [0.5, 0.6) is 5.75 Å². The topological polar surface area (TPSA) is 137 Å². The van der Waals surface area contributed by atoms with E-state index in [-0.39, 0.29) is 61.3 Å². The molecule has 2 fully saturated rings. The van der Waals surface area contributed by atoms with E-state index in [9.17, 15) is 24.0 Å². The zero-order chi connectivity index (χ0) is 37.4. The molecule has 0 saturated carbocycles. The molecule has 0 bridgehead atoms. The molecule has 1 aromatic carbocycles. The normalized spacial score (nSPS) is 20.2. The molecule has 0 unspecified atom stereocenters. The van der Waals surface area contributed by atoms with Crippen molar-refractivity contribution in [3.8, 4) is 17.1 Å². The van der Waals surface area contributed by atoms with E-state index in [1.165, 1.54) is 19.3 Å². The van der Waals surface area contributed by atoms with Gasteiger partial charge < -0.3 is 28.6 Å². The van der Waals surface area contributed by atoms with Crippen LogP contribution in [0.4, 0.5) is 4.79 Å². The van der Waals surface area contributed by atoms with Crippen LogP contribution in [0.2, 0.25) is 0 Å². The lowest BCUT2D eigenvalue weighted by Crippen LogP contribution is -2.48. The molecule has 53 heavy (non-hydrogen) atoms. The van der Waals surface area contributed by atoms with Gasteiger partial charge in [-0.25, -0.2) is 14.6 Å². The van der Waals surface area contributed by atoms with Gasteiger partial charge in [0, 0.05) is 48.5 Å². The van der Waals surface area contributed by atoms with Gasteiger partial charge in [-0.1, -0.05) is 34.1 Å². The molecule has 0 aliphatic carbocycles. The Morgan fingerprint density at radius 3 is 2.43 bits per heavy atom. The summed E-state index contributed by atoms with van der Waals surface area (Å²) in [6, 6.07) is 7.70. The summed E-state index contributed by atoms with van der Waals surface area (Å²) < 4.78 is 18.9. The molecule has 2 saturated heterocycles.